The first-order chi connectivity index (χ1) is 7.93. The second-order valence-corrected chi connectivity index (χ2v) is 4.20. The monoisotopic (exact) mass is 227 g/mol. The molecule has 0 bridgehead atoms. The van der Waals surface area contributed by atoms with Crippen molar-refractivity contribution in [3.8, 4) is 22.7 Å². The van der Waals surface area contributed by atoms with Crippen molar-refractivity contribution in [3.63, 3.8) is 0 Å². The molecule has 0 radical (unpaired) electrons. The molecule has 3 rings (SSSR count). The van der Waals surface area contributed by atoms with Gasteiger partial charge in [0, 0.05) is 16.5 Å². The van der Waals surface area contributed by atoms with Crippen LogP contribution in [-0.2, 0) is 0 Å². The van der Waals surface area contributed by atoms with Gasteiger partial charge in [0.1, 0.15) is 12.0 Å². The van der Waals surface area contributed by atoms with Crippen LogP contribution in [0.3, 0.4) is 0 Å². The van der Waals surface area contributed by atoms with Crippen molar-refractivity contribution in [2.45, 2.75) is 0 Å². The van der Waals surface area contributed by atoms with Crippen molar-refractivity contribution >= 4 is 11.3 Å². The summed E-state index contributed by atoms with van der Waals surface area (Å²) >= 11 is 1.66. The lowest BCUT2D eigenvalue weighted by atomic mass is 10.2. The van der Waals surface area contributed by atoms with Gasteiger partial charge in [-0.1, -0.05) is 18.2 Å². The van der Waals surface area contributed by atoms with E-state index in [2.05, 4.69) is 10.4 Å². The van der Waals surface area contributed by atoms with Crippen LogP contribution in [0.25, 0.3) is 22.7 Å². The van der Waals surface area contributed by atoms with E-state index in [1.54, 1.807) is 17.6 Å². The molecule has 0 atom stereocenters. The van der Waals surface area contributed by atoms with E-state index in [0.717, 1.165) is 16.8 Å². The van der Waals surface area contributed by atoms with Gasteiger partial charge in [-0.3, -0.25) is 0 Å². The number of hydrogen-bond donors (Lipinski definition) is 0. The molecule has 3 aromatic rings. The van der Waals surface area contributed by atoms with Gasteiger partial charge in [-0.05, 0) is 23.6 Å². The molecule has 0 aliphatic carbocycles. The molecule has 0 aliphatic heterocycles. The average molecular weight is 227 g/mol. The van der Waals surface area contributed by atoms with E-state index >= 15 is 0 Å². The van der Waals surface area contributed by atoms with E-state index in [1.165, 1.54) is 0 Å². The van der Waals surface area contributed by atoms with Gasteiger partial charge < -0.3 is 4.42 Å². The Morgan fingerprint density at radius 1 is 1.00 bits per heavy atom. The lowest BCUT2D eigenvalue weighted by Gasteiger charge is -1.92. The Hall–Kier alpha value is -1.87. The molecule has 2 heterocycles. The number of hydrogen-bond acceptors (Lipinski definition) is 3. The maximum Gasteiger partial charge on any atom is 0.226 e. The second kappa shape index (κ2) is 3.94. The highest BCUT2D eigenvalue weighted by molar-refractivity contribution is 7.08. The molecule has 1 aromatic carbocycles. The van der Waals surface area contributed by atoms with Crippen LogP contribution in [0.1, 0.15) is 0 Å². The highest BCUT2D eigenvalue weighted by Gasteiger charge is 2.07. The van der Waals surface area contributed by atoms with Gasteiger partial charge in [-0.25, -0.2) is 4.98 Å². The van der Waals surface area contributed by atoms with E-state index in [4.69, 9.17) is 4.42 Å². The number of aromatic nitrogens is 1. The molecule has 78 valence electrons. The molecule has 2 aromatic heterocycles. The van der Waals surface area contributed by atoms with Gasteiger partial charge in [-0.2, -0.15) is 11.3 Å². The van der Waals surface area contributed by atoms with Crippen molar-refractivity contribution < 1.29 is 4.42 Å². The molecule has 0 unspecified atom stereocenters. The number of thiophene rings is 1. The summed E-state index contributed by atoms with van der Waals surface area (Å²) in [6, 6.07) is 11.9. The largest absolute Gasteiger partial charge is 0.444 e. The predicted molar refractivity (Wildman–Crippen MR) is 65.3 cm³/mol. The van der Waals surface area contributed by atoms with Crippen LogP contribution in [0.5, 0.6) is 0 Å². The van der Waals surface area contributed by atoms with Gasteiger partial charge in [0.25, 0.3) is 0 Å². The van der Waals surface area contributed by atoms with E-state index in [0.29, 0.717) is 5.89 Å². The van der Waals surface area contributed by atoms with Crippen LogP contribution < -0.4 is 0 Å². The fourth-order valence-corrected chi connectivity index (χ4v) is 2.18. The highest BCUT2D eigenvalue weighted by atomic mass is 32.1. The summed E-state index contributed by atoms with van der Waals surface area (Å²) in [5.41, 5.74) is 3.00. The molecule has 0 spiro atoms. The number of oxazole rings is 1. The van der Waals surface area contributed by atoms with Crippen LogP contribution in [0.2, 0.25) is 0 Å². The van der Waals surface area contributed by atoms with Crippen LogP contribution >= 0.6 is 11.3 Å². The van der Waals surface area contributed by atoms with Crippen molar-refractivity contribution in [2.24, 2.45) is 0 Å². The standard InChI is InChI=1S/C13H9NOS/c1-2-4-10(5-3-1)13-14-12(8-15-13)11-6-7-16-9-11/h1-9H. The number of rotatable bonds is 2. The quantitative estimate of drug-likeness (QED) is 0.659. The van der Waals surface area contributed by atoms with Gasteiger partial charge in [0.15, 0.2) is 0 Å². The van der Waals surface area contributed by atoms with Crippen LogP contribution in [0.4, 0.5) is 0 Å². The van der Waals surface area contributed by atoms with E-state index in [1.807, 2.05) is 41.8 Å². The molecule has 0 fully saturated rings. The van der Waals surface area contributed by atoms with E-state index in [9.17, 15) is 0 Å². The summed E-state index contributed by atoms with van der Waals surface area (Å²) in [5.74, 6) is 0.668. The fraction of sp³-hybridized carbons (Fsp3) is 0. The molecular formula is C13H9NOS. The summed E-state index contributed by atoms with van der Waals surface area (Å²) in [6.07, 6.45) is 1.70. The zero-order chi connectivity index (χ0) is 10.8. The van der Waals surface area contributed by atoms with Crippen molar-refractivity contribution in [2.75, 3.05) is 0 Å². The smallest absolute Gasteiger partial charge is 0.226 e. The van der Waals surface area contributed by atoms with E-state index < -0.39 is 0 Å². The first-order valence-corrected chi connectivity index (χ1v) is 5.91. The van der Waals surface area contributed by atoms with Gasteiger partial charge in [0.05, 0.1) is 0 Å². The lowest BCUT2D eigenvalue weighted by molar-refractivity contribution is 0.575. The zero-order valence-electron chi connectivity index (χ0n) is 8.46. The molecule has 0 amide bonds. The van der Waals surface area contributed by atoms with Crippen molar-refractivity contribution in [3.05, 3.63) is 53.4 Å². The Labute approximate surface area is 97.2 Å². The maximum absolute atomic E-state index is 5.47. The van der Waals surface area contributed by atoms with Crippen LogP contribution in [0, 0.1) is 0 Å². The first-order valence-electron chi connectivity index (χ1n) is 4.97. The average Bonchev–Trinajstić information content (AvgIpc) is 3.01. The third-order valence-corrected chi connectivity index (χ3v) is 3.03. The number of benzene rings is 1. The highest BCUT2D eigenvalue weighted by Crippen LogP contribution is 2.25. The summed E-state index contributed by atoms with van der Waals surface area (Å²) < 4.78 is 5.47. The SMILES string of the molecule is c1ccc(-c2nc(-c3ccsc3)co2)cc1. The van der Waals surface area contributed by atoms with Gasteiger partial charge in [-0.15, -0.1) is 0 Å². The topological polar surface area (TPSA) is 26.0 Å². The normalized spacial score (nSPS) is 10.5. The fourth-order valence-electron chi connectivity index (χ4n) is 1.53. The van der Waals surface area contributed by atoms with Gasteiger partial charge >= 0.3 is 0 Å². The van der Waals surface area contributed by atoms with Crippen LogP contribution in [-0.4, -0.2) is 4.98 Å². The van der Waals surface area contributed by atoms with Crippen LogP contribution in [0.15, 0.2) is 57.8 Å². The van der Waals surface area contributed by atoms with Gasteiger partial charge in [0.2, 0.25) is 5.89 Å². The Kier molecular flexibility index (Phi) is 2.31. The molecular weight excluding hydrogens is 218 g/mol. The summed E-state index contributed by atoms with van der Waals surface area (Å²) in [5, 5.41) is 4.10. The molecule has 0 saturated carbocycles. The van der Waals surface area contributed by atoms with Crippen molar-refractivity contribution in [1.82, 2.24) is 4.98 Å². The number of nitrogens with zero attached hydrogens (tertiary/aromatic N) is 1. The molecule has 2 nitrogen and oxygen atoms in total. The molecule has 0 N–H and O–H groups in total. The molecule has 0 aliphatic rings. The third-order valence-electron chi connectivity index (χ3n) is 2.34. The zero-order valence-corrected chi connectivity index (χ0v) is 9.28. The lowest BCUT2D eigenvalue weighted by Crippen LogP contribution is -1.77. The summed E-state index contributed by atoms with van der Waals surface area (Å²) in [6.45, 7) is 0. The molecule has 0 saturated heterocycles. The minimum atomic E-state index is 0.668. The molecule has 3 heteroatoms. The third kappa shape index (κ3) is 1.66. The summed E-state index contributed by atoms with van der Waals surface area (Å²) in [7, 11) is 0. The predicted octanol–water partition coefficient (Wildman–Crippen LogP) is 4.07. The first kappa shape index (κ1) is 9.36. The summed E-state index contributed by atoms with van der Waals surface area (Å²) in [4.78, 5) is 4.46. The maximum atomic E-state index is 5.47. The minimum absolute atomic E-state index is 0.668. The Bertz CT molecular complexity index is 569. The minimum Gasteiger partial charge on any atom is -0.444 e. The van der Waals surface area contributed by atoms with E-state index in [-0.39, 0.29) is 0 Å². The Morgan fingerprint density at radius 3 is 2.62 bits per heavy atom. The molecule has 16 heavy (non-hydrogen) atoms. The van der Waals surface area contributed by atoms with Crippen molar-refractivity contribution in [1.29, 1.82) is 0 Å². The Balaban J connectivity index is 2.00. The Morgan fingerprint density at radius 2 is 1.88 bits per heavy atom. The second-order valence-electron chi connectivity index (χ2n) is 3.42.